The molecule has 24 heavy (non-hydrogen) atoms. The Kier molecular flexibility index (Phi) is 4.01. The van der Waals surface area contributed by atoms with Gasteiger partial charge in [-0.2, -0.15) is 0 Å². The molecule has 0 saturated carbocycles. The van der Waals surface area contributed by atoms with Gasteiger partial charge in [-0.1, -0.05) is 18.2 Å². The average molecular weight is 332 g/mol. The summed E-state index contributed by atoms with van der Waals surface area (Å²) in [7, 11) is 0. The zero-order valence-corrected chi connectivity index (χ0v) is 14.1. The Labute approximate surface area is 144 Å². The monoisotopic (exact) mass is 332 g/mol. The van der Waals surface area contributed by atoms with Crippen LogP contribution in [-0.4, -0.2) is 20.2 Å². The number of fused-ring (bicyclic) bond motifs is 1. The largest absolute Gasteiger partial charge is 0.260 e. The normalized spacial score (nSPS) is 12.4. The molecule has 0 spiro atoms. The zero-order valence-electron chi connectivity index (χ0n) is 13.3. The van der Waals surface area contributed by atoms with E-state index in [1.807, 2.05) is 25.4 Å². The van der Waals surface area contributed by atoms with Crippen LogP contribution in [-0.2, 0) is 6.42 Å². The van der Waals surface area contributed by atoms with Crippen LogP contribution in [0.5, 0.6) is 0 Å². The first-order valence-corrected chi connectivity index (χ1v) is 8.70. The molecule has 0 fully saturated rings. The van der Waals surface area contributed by atoms with Crippen molar-refractivity contribution in [3.05, 3.63) is 82.2 Å². The molecule has 0 saturated heterocycles. The predicted octanol–water partition coefficient (Wildman–Crippen LogP) is 4.16. The molecule has 0 aliphatic carbocycles. The number of hydrogen-bond donors (Lipinski definition) is 0. The van der Waals surface area contributed by atoms with E-state index in [4.69, 9.17) is 0 Å². The van der Waals surface area contributed by atoms with Crippen LogP contribution in [0.4, 0.5) is 0 Å². The fraction of sp³-hybridized carbons (Fsp3) is 0.158. The highest BCUT2D eigenvalue weighted by atomic mass is 32.1. The van der Waals surface area contributed by atoms with Gasteiger partial charge in [-0.05, 0) is 48.7 Å². The molecule has 0 bridgehead atoms. The van der Waals surface area contributed by atoms with Crippen LogP contribution in [0, 0.1) is 6.92 Å². The number of aromatic nitrogens is 4. The lowest BCUT2D eigenvalue weighted by molar-refractivity contribution is 0.751. The van der Waals surface area contributed by atoms with Crippen molar-refractivity contribution < 1.29 is 0 Å². The van der Waals surface area contributed by atoms with Crippen LogP contribution in [0.2, 0.25) is 0 Å². The van der Waals surface area contributed by atoms with Crippen LogP contribution in [0.15, 0.2) is 60.4 Å². The molecule has 3 heterocycles. The molecule has 1 atom stereocenters. The van der Waals surface area contributed by atoms with Gasteiger partial charge in [-0.3, -0.25) is 9.97 Å². The molecule has 3 aromatic heterocycles. The first-order chi connectivity index (χ1) is 11.8. The summed E-state index contributed by atoms with van der Waals surface area (Å²) >= 11 is 1.58. The van der Waals surface area contributed by atoms with Gasteiger partial charge < -0.3 is 0 Å². The third kappa shape index (κ3) is 3.03. The first kappa shape index (κ1) is 14.9. The lowest BCUT2D eigenvalue weighted by Crippen LogP contribution is -2.07. The van der Waals surface area contributed by atoms with E-state index in [1.165, 1.54) is 5.56 Å². The Hall–Kier alpha value is -2.66. The first-order valence-electron chi connectivity index (χ1n) is 7.82. The number of pyridine rings is 2. The lowest BCUT2D eigenvalue weighted by Gasteiger charge is -2.14. The summed E-state index contributed by atoms with van der Waals surface area (Å²) in [5.41, 5.74) is 6.23. The highest BCUT2D eigenvalue weighted by Crippen LogP contribution is 2.29. The van der Waals surface area contributed by atoms with E-state index in [1.54, 1.807) is 16.8 Å². The Balaban J connectivity index is 1.71. The summed E-state index contributed by atoms with van der Waals surface area (Å²) in [4.78, 5) is 9.01. The Morgan fingerprint density at radius 1 is 1.08 bits per heavy atom. The molecular weight excluding hydrogens is 316 g/mol. The summed E-state index contributed by atoms with van der Waals surface area (Å²) in [5.74, 6) is 0.118. The topological polar surface area (TPSA) is 51.6 Å². The van der Waals surface area contributed by atoms with Crippen molar-refractivity contribution in [1.29, 1.82) is 0 Å². The molecule has 0 amide bonds. The minimum atomic E-state index is 0.118. The molecule has 0 N–H and O–H groups in total. The Bertz CT molecular complexity index is 949. The standard InChI is InChI=1S/C19H16N4S/c1-13-4-6-18(21-11-13)16(19-23-22-12-24-19)10-14-5-7-17-15(9-14)3-2-8-20-17/h2-9,11-12,16H,10H2,1H3/t16-/m1/s1. The van der Waals surface area contributed by atoms with Gasteiger partial charge in [-0.15, -0.1) is 21.5 Å². The van der Waals surface area contributed by atoms with E-state index in [0.717, 1.165) is 33.6 Å². The van der Waals surface area contributed by atoms with Crippen LogP contribution < -0.4 is 0 Å². The van der Waals surface area contributed by atoms with E-state index in [2.05, 4.69) is 56.6 Å². The molecule has 4 aromatic rings. The second kappa shape index (κ2) is 6.45. The summed E-state index contributed by atoms with van der Waals surface area (Å²) in [5, 5.41) is 10.5. The molecule has 5 heteroatoms. The number of benzene rings is 1. The quantitative estimate of drug-likeness (QED) is 0.563. The van der Waals surface area contributed by atoms with Crippen molar-refractivity contribution in [2.75, 3.05) is 0 Å². The molecule has 0 aliphatic heterocycles. The highest BCUT2D eigenvalue weighted by Gasteiger charge is 2.19. The van der Waals surface area contributed by atoms with Gasteiger partial charge in [0.15, 0.2) is 0 Å². The molecular formula is C19H16N4S. The average Bonchev–Trinajstić information content (AvgIpc) is 3.15. The van der Waals surface area contributed by atoms with Crippen molar-refractivity contribution in [2.24, 2.45) is 0 Å². The maximum absolute atomic E-state index is 4.62. The van der Waals surface area contributed by atoms with Gasteiger partial charge in [0.25, 0.3) is 0 Å². The van der Waals surface area contributed by atoms with Gasteiger partial charge in [0.05, 0.1) is 17.1 Å². The van der Waals surface area contributed by atoms with E-state index in [9.17, 15) is 0 Å². The summed E-state index contributed by atoms with van der Waals surface area (Å²) in [6.45, 7) is 2.05. The van der Waals surface area contributed by atoms with Crippen LogP contribution >= 0.6 is 11.3 Å². The fourth-order valence-electron chi connectivity index (χ4n) is 2.82. The van der Waals surface area contributed by atoms with Crippen LogP contribution in [0.1, 0.15) is 27.7 Å². The van der Waals surface area contributed by atoms with E-state index < -0.39 is 0 Å². The van der Waals surface area contributed by atoms with Gasteiger partial charge in [0.1, 0.15) is 10.5 Å². The van der Waals surface area contributed by atoms with Crippen molar-refractivity contribution in [2.45, 2.75) is 19.3 Å². The summed E-state index contributed by atoms with van der Waals surface area (Å²) in [6.07, 6.45) is 4.58. The smallest absolute Gasteiger partial charge is 0.126 e. The van der Waals surface area contributed by atoms with E-state index in [0.29, 0.717) is 0 Å². The molecule has 4 nitrogen and oxygen atoms in total. The van der Waals surface area contributed by atoms with Crippen molar-refractivity contribution in [3.8, 4) is 0 Å². The Morgan fingerprint density at radius 2 is 2.04 bits per heavy atom. The molecule has 4 rings (SSSR count). The Morgan fingerprint density at radius 3 is 2.83 bits per heavy atom. The van der Waals surface area contributed by atoms with E-state index >= 15 is 0 Å². The number of nitrogens with zero attached hydrogens (tertiary/aromatic N) is 4. The maximum atomic E-state index is 4.62. The SMILES string of the molecule is Cc1ccc([C@@H](Cc2ccc3ncccc3c2)c2nncs2)nc1. The lowest BCUT2D eigenvalue weighted by atomic mass is 9.95. The molecule has 0 radical (unpaired) electrons. The molecule has 1 aromatic carbocycles. The zero-order chi connectivity index (χ0) is 16.4. The fourth-order valence-corrected chi connectivity index (χ4v) is 3.49. The predicted molar refractivity (Wildman–Crippen MR) is 96.2 cm³/mol. The third-order valence-corrected chi connectivity index (χ3v) is 4.88. The minimum Gasteiger partial charge on any atom is -0.260 e. The number of aryl methyl sites for hydroxylation is 1. The second-order valence-corrected chi connectivity index (χ2v) is 6.69. The van der Waals surface area contributed by atoms with E-state index in [-0.39, 0.29) is 5.92 Å². The van der Waals surface area contributed by atoms with Gasteiger partial charge in [0.2, 0.25) is 0 Å². The summed E-state index contributed by atoms with van der Waals surface area (Å²) < 4.78 is 0. The second-order valence-electron chi connectivity index (χ2n) is 5.82. The van der Waals surface area contributed by atoms with Crippen LogP contribution in [0.3, 0.4) is 0 Å². The summed E-state index contributed by atoms with van der Waals surface area (Å²) in [6, 6.07) is 14.7. The van der Waals surface area contributed by atoms with Gasteiger partial charge in [0, 0.05) is 17.8 Å². The molecule has 118 valence electrons. The molecule has 0 unspecified atom stereocenters. The number of hydrogen-bond acceptors (Lipinski definition) is 5. The third-order valence-electron chi connectivity index (χ3n) is 4.07. The maximum Gasteiger partial charge on any atom is 0.126 e. The van der Waals surface area contributed by atoms with Gasteiger partial charge >= 0.3 is 0 Å². The highest BCUT2D eigenvalue weighted by molar-refractivity contribution is 7.09. The van der Waals surface area contributed by atoms with Crippen molar-refractivity contribution in [1.82, 2.24) is 20.2 Å². The van der Waals surface area contributed by atoms with Crippen LogP contribution in [0.25, 0.3) is 10.9 Å². The van der Waals surface area contributed by atoms with Crippen molar-refractivity contribution in [3.63, 3.8) is 0 Å². The van der Waals surface area contributed by atoms with Gasteiger partial charge in [-0.25, -0.2) is 0 Å². The number of rotatable bonds is 4. The molecule has 0 aliphatic rings. The minimum absolute atomic E-state index is 0.118. The van der Waals surface area contributed by atoms with Crippen molar-refractivity contribution >= 4 is 22.2 Å².